The number of amides is 1. The Bertz CT molecular complexity index is 1340. The number of likely N-dealkylation sites (tertiary alicyclic amines) is 1. The van der Waals surface area contributed by atoms with Crippen molar-refractivity contribution >= 4 is 35.8 Å². The third-order valence-corrected chi connectivity index (χ3v) is 10.5. The summed E-state index contributed by atoms with van der Waals surface area (Å²) in [7, 11) is 0. The lowest BCUT2D eigenvalue weighted by molar-refractivity contribution is -0.172. The fraction of sp³-hybridized carbons (Fsp3) is 0.850. The highest BCUT2D eigenvalue weighted by atomic mass is 16.6. The first-order chi connectivity index (χ1) is 26.5. The number of nitrogens with zero attached hydrogens (tertiary/aromatic N) is 1. The van der Waals surface area contributed by atoms with Gasteiger partial charge in [-0.2, -0.15) is 0 Å². The molecule has 5 unspecified atom stereocenters. The van der Waals surface area contributed by atoms with Crippen molar-refractivity contribution in [2.75, 3.05) is 72.6 Å². The molecule has 0 aromatic heterocycles. The summed E-state index contributed by atoms with van der Waals surface area (Å²) < 4.78 is 32.2. The topological polar surface area (TPSA) is 242 Å². The van der Waals surface area contributed by atoms with Crippen LogP contribution in [0.2, 0.25) is 0 Å². The Morgan fingerprint density at radius 3 is 1.61 bits per heavy atom. The van der Waals surface area contributed by atoms with Crippen molar-refractivity contribution in [3.8, 4) is 0 Å². The number of rotatable bonds is 28. The van der Waals surface area contributed by atoms with E-state index in [1.54, 1.807) is 46.4 Å². The van der Waals surface area contributed by atoms with Crippen LogP contribution in [0.5, 0.6) is 0 Å². The molecule has 1 heterocycles. The summed E-state index contributed by atoms with van der Waals surface area (Å²) in [6.45, 7) is 13.0. The normalized spacial score (nSPS) is 17.7. The minimum Gasteiger partial charge on any atom is -0.463 e. The molecule has 0 spiro atoms. The maximum absolute atomic E-state index is 13.6. The number of esters is 5. The van der Waals surface area contributed by atoms with Gasteiger partial charge in [0.05, 0.1) is 60.0 Å². The van der Waals surface area contributed by atoms with E-state index in [4.69, 9.17) is 33.5 Å². The van der Waals surface area contributed by atoms with Crippen LogP contribution >= 0.6 is 0 Å². The van der Waals surface area contributed by atoms with Crippen molar-refractivity contribution in [2.45, 2.75) is 119 Å². The fourth-order valence-electron chi connectivity index (χ4n) is 6.94. The van der Waals surface area contributed by atoms with E-state index in [9.17, 15) is 44.1 Å². The van der Waals surface area contributed by atoms with E-state index in [1.807, 2.05) is 0 Å². The minimum absolute atomic E-state index is 0.00723. The molecule has 4 N–H and O–H groups in total. The summed E-state index contributed by atoms with van der Waals surface area (Å²) in [6, 6.07) is 0. The first-order valence-corrected chi connectivity index (χ1v) is 19.8. The number of carbonyl (C=O) groups excluding carboxylic acids is 6. The first-order valence-electron chi connectivity index (χ1n) is 19.8. The molecule has 1 fully saturated rings. The van der Waals surface area contributed by atoms with Crippen LogP contribution in [-0.2, 0) is 57.2 Å². The van der Waals surface area contributed by atoms with Gasteiger partial charge in [0.1, 0.15) is 45.2 Å². The summed E-state index contributed by atoms with van der Waals surface area (Å²) in [6.07, 6.45) is -0.893. The molecular formula is C40H69NO16. The van der Waals surface area contributed by atoms with Gasteiger partial charge in [-0.05, 0) is 87.0 Å². The molecule has 57 heavy (non-hydrogen) atoms. The van der Waals surface area contributed by atoms with Crippen LogP contribution in [0.1, 0.15) is 107 Å². The van der Waals surface area contributed by atoms with Gasteiger partial charge in [-0.3, -0.25) is 28.8 Å². The Hall–Kier alpha value is -3.38. The van der Waals surface area contributed by atoms with Crippen LogP contribution in [-0.4, -0.2) is 146 Å². The smallest absolute Gasteiger partial charge is 0.311 e. The number of aliphatic hydroxyl groups excluding tert-OH is 4. The molecule has 5 atom stereocenters. The second-order valence-corrected chi connectivity index (χ2v) is 17.1. The predicted molar refractivity (Wildman–Crippen MR) is 204 cm³/mol. The first kappa shape index (κ1) is 51.6. The van der Waals surface area contributed by atoms with Crippen LogP contribution in [0.25, 0.3) is 0 Å². The van der Waals surface area contributed by atoms with Gasteiger partial charge in [0.2, 0.25) is 5.91 Å². The molecule has 17 nitrogen and oxygen atoms in total. The lowest BCUT2D eigenvalue weighted by Crippen LogP contribution is -2.45. The Kier molecular flexibility index (Phi) is 21.1. The zero-order chi connectivity index (χ0) is 43.7. The minimum atomic E-state index is -1.50. The number of aliphatic hydroxyl groups is 4. The summed E-state index contributed by atoms with van der Waals surface area (Å²) >= 11 is 0. The SMILES string of the molecule is CCC(C)(CC(C)(C)C(=O)OCCOCC(O)COC(=O)C(C)(C)CC(C)(CC(C)(CC)C(=O)OCCN1CCCC1=O)C(=O)OCC(O)CO)C(=O)OCCO. The quantitative estimate of drug-likeness (QED) is 0.0502. The Morgan fingerprint density at radius 1 is 0.614 bits per heavy atom. The number of hydrogen-bond acceptors (Lipinski definition) is 16. The largest absolute Gasteiger partial charge is 0.463 e. The molecule has 1 aliphatic heterocycles. The number of hydrogen-bond donors (Lipinski definition) is 4. The molecule has 1 rings (SSSR count). The van der Waals surface area contributed by atoms with Crippen molar-refractivity contribution in [1.29, 1.82) is 0 Å². The fourth-order valence-corrected chi connectivity index (χ4v) is 6.94. The molecule has 0 bridgehead atoms. The molecule has 1 saturated heterocycles. The van der Waals surface area contributed by atoms with Crippen LogP contribution < -0.4 is 0 Å². The molecule has 1 aliphatic rings. The third-order valence-electron chi connectivity index (χ3n) is 10.5. The van der Waals surface area contributed by atoms with Gasteiger partial charge in [0.15, 0.2) is 0 Å². The molecule has 17 heteroatoms. The van der Waals surface area contributed by atoms with E-state index < -0.39 is 89.0 Å². The predicted octanol–water partition coefficient (Wildman–Crippen LogP) is 2.11. The van der Waals surface area contributed by atoms with Crippen LogP contribution in [0.3, 0.4) is 0 Å². The second-order valence-electron chi connectivity index (χ2n) is 17.1. The van der Waals surface area contributed by atoms with Gasteiger partial charge < -0.3 is 53.7 Å². The van der Waals surface area contributed by atoms with Gasteiger partial charge >= 0.3 is 29.8 Å². The summed E-state index contributed by atoms with van der Waals surface area (Å²) in [5.74, 6) is -3.26. The Balaban J connectivity index is 2.82. The molecule has 0 saturated carbocycles. The monoisotopic (exact) mass is 819 g/mol. The van der Waals surface area contributed by atoms with Crippen molar-refractivity contribution in [3.05, 3.63) is 0 Å². The van der Waals surface area contributed by atoms with Crippen LogP contribution in [0.4, 0.5) is 0 Å². The average Bonchev–Trinajstić information content (AvgIpc) is 3.57. The van der Waals surface area contributed by atoms with E-state index in [0.29, 0.717) is 19.4 Å². The van der Waals surface area contributed by atoms with E-state index >= 15 is 0 Å². The number of carbonyl (C=O) groups is 6. The standard InChI is InChI=1S/C40H69NO16/c1-10-38(7,33(49)54-18-16-42)25-36(3,4)31(47)55-20-19-52-22-29(45)24-56-32(48)37(5,6)26-40(9,35(51)57-23-28(44)21-43)27-39(8,11-2)34(50)53-17-15-41-14-12-13-30(41)46/h28-29,42-45H,10-27H2,1-9H3. The Morgan fingerprint density at radius 2 is 1.09 bits per heavy atom. The molecule has 0 aromatic carbocycles. The Labute approximate surface area is 337 Å². The zero-order valence-corrected chi connectivity index (χ0v) is 35.5. The molecule has 1 amide bonds. The van der Waals surface area contributed by atoms with E-state index in [1.165, 1.54) is 20.8 Å². The van der Waals surface area contributed by atoms with Crippen LogP contribution in [0, 0.1) is 27.1 Å². The highest BCUT2D eigenvalue weighted by molar-refractivity contribution is 5.83. The molecule has 0 aromatic rings. The molecule has 330 valence electrons. The third kappa shape index (κ3) is 16.4. The summed E-state index contributed by atoms with van der Waals surface area (Å²) in [5, 5.41) is 38.5. The molecular weight excluding hydrogens is 750 g/mol. The lowest BCUT2D eigenvalue weighted by atomic mass is 9.65. The average molecular weight is 820 g/mol. The lowest BCUT2D eigenvalue weighted by Gasteiger charge is -2.39. The van der Waals surface area contributed by atoms with Gasteiger partial charge in [-0.15, -0.1) is 0 Å². The highest BCUT2D eigenvalue weighted by Gasteiger charge is 2.50. The van der Waals surface area contributed by atoms with Gasteiger partial charge in [-0.1, -0.05) is 13.8 Å². The molecule has 0 radical (unpaired) electrons. The van der Waals surface area contributed by atoms with Gasteiger partial charge in [0.25, 0.3) is 0 Å². The molecule has 0 aliphatic carbocycles. The van der Waals surface area contributed by atoms with Crippen LogP contribution in [0.15, 0.2) is 0 Å². The van der Waals surface area contributed by atoms with Gasteiger partial charge in [0, 0.05) is 13.0 Å². The summed E-state index contributed by atoms with van der Waals surface area (Å²) in [4.78, 5) is 79.4. The van der Waals surface area contributed by atoms with Crippen molar-refractivity contribution in [3.63, 3.8) is 0 Å². The van der Waals surface area contributed by atoms with E-state index in [-0.39, 0.29) is 77.8 Å². The van der Waals surface area contributed by atoms with Crippen molar-refractivity contribution in [2.24, 2.45) is 27.1 Å². The van der Waals surface area contributed by atoms with Crippen molar-refractivity contribution in [1.82, 2.24) is 4.90 Å². The second kappa shape index (κ2) is 23.3. The maximum atomic E-state index is 13.6. The van der Waals surface area contributed by atoms with E-state index in [0.717, 1.165) is 6.42 Å². The maximum Gasteiger partial charge on any atom is 0.311 e. The highest BCUT2D eigenvalue weighted by Crippen LogP contribution is 2.46. The zero-order valence-electron chi connectivity index (χ0n) is 35.5. The van der Waals surface area contributed by atoms with E-state index in [2.05, 4.69) is 0 Å². The van der Waals surface area contributed by atoms with Crippen molar-refractivity contribution < 1.29 is 77.6 Å². The number of ether oxygens (including phenoxy) is 6. The van der Waals surface area contributed by atoms with Gasteiger partial charge in [-0.25, -0.2) is 0 Å². The summed E-state index contributed by atoms with van der Waals surface area (Å²) in [5.41, 5.74) is -6.11.